The fourth-order valence-corrected chi connectivity index (χ4v) is 3.42. The molecule has 1 aromatic carbocycles. The average molecular weight is 425 g/mol. The highest BCUT2D eigenvalue weighted by Crippen LogP contribution is 2.48. The summed E-state index contributed by atoms with van der Waals surface area (Å²) < 4.78 is 19.4. The van der Waals surface area contributed by atoms with Crippen LogP contribution < -0.4 is 15.0 Å². The molecular weight excluding hydrogens is 404 g/mol. The Balaban J connectivity index is 2.11. The summed E-state index contributed by atoms with van der Waals surface area (Å²) in [5.41, 5.74) is -2.06. The van der Waals surface area contributed by atoms with Crippen LogP contribution in [0.5, 0.6) is 11.6 Å². The van der Waals surface area contributed by atoms with Crippen LogP contribution in [0.4, 0.5) is 0 Å². The Morgan fingerprint density at radius 3 is 2.73 bits per heavy atom. The van der Waals surface area contributed by atoms with E-state index in [-0.39, 0.29) is 18.0 Å². The Hall–Kier alpha value is -1.90. The van der Waals surface area contributed by atoms with Gasteiger partial charge in [-0.1, -0.05) is 15.9 Å². The van der Waals surface area contributed by atoms with Crippen molar-refractivity contribution in [2.45, 2.75) is 31.2 Å². The summed E-state index contributed by atoms with van der Waals surface area (Å²) in [6.45, 7) is 3.57. The number of fused-ring (bicyclic) bond motifs is 1. The first-order chi connectivity index (χ1) is 12.2. The molecule has 0 amide bonds. The number of halogens is 1. The second-order valence-electron chi connectivity index (χ2n) is 6.73. The van der Waals surface area contributed by atoms with Gasteiger partial charge in [-0.15, -0.1) is 5.10 Å². The fraction of sp³-hybridized carbons (Fsp3) is 0.444. The van der Waals surface area contributed by atoms with E-state index < -0.39 is 17.3 Å². The van der Waals surface area contributed by atoms with Gasteiger partial charge in [-0.2, -0.15) is 0 Å². The van der Waals surface area contributed by atoms with Gasteiger partial charge in [0.05, 0.1) is 6.61 Å². The predicted octanol–water partition coefficient (Wildman–Crippen LogP) is 2.21. The zero-order chi connectivity index (χ0) is 19.1. The maximum Gasteiger partial charge on any atom is 0.266 e. The van der Waals surface area contributed by atoms with Gasteiger partial charge in [0, 0.05) is 36.3 Å². The van der Waals surface area contributed by atoms with Crippen molar-refractivity contribution in [3.05, 3.63) is 50.7 Å². The van der Waals surface area contributed by atoms with E-state index in [2.05, 4.69) is 21.0 Å². The lowest BCUT2D eigenvalue weighted by Crippen LogP contribution is -2.63. The lowest BCUT2D eigenvalue weighted by Gasteiger charge is -2.50. The van der Waals surface area contributed by atoms with Crippen molar-refractivity contribution in [2.75, 3.05) is 13.7 Å². The van der Waals surface area contributed by atoms with Gasteiger partial charge >= 0.3 is 0 Å². The lowest BCUT2D eigenvalue weighted by molar-refractivity contribution is -0.200. The molecule has 1 aromatic heterocycles. The molecule has 3 rings (SSSR count). The van der Waals surface area contributed by atoms with E-state index >= 15 is 0 Å². The number of rotatable bonds is 4. The van der Waals surface area contributed by atoms with Crippen molar-refractivity contribution in [1.29, 1.82) is 0 Å². The molecule has 3 atom stereocenters. The minimum atomic E-state index is -1.44. The molecule has 7 nitrogen and oxygen atoms in total. The normalized spacial score (nSPS) is 27.5. The summed E-state index contributed by atoms with van der Waals surface area (Å²) in [6, 6.07) is 8.36. The molecule has 2 aromatic rings. The van der Waals surface area contributed by atoms with E-state index in [0.29, 0.717) is 11.3 Å². The first-order valence-electron chi connectivity index (χ1n) is 8.09. The van der Waals surface area contributed by atoms with Gasteiger partial charge in [-0.05, 0) is 32.0 Å². The Morgan fingerprint density at radius 1 is 1.35 bits per heavy atom. The van der Waals surface area contributed by atoms with Crippen molar-refractivity contribution in [3.8, 4) is 11.6 Å². The Labute approximate surface area is 159 Å². The van der Waals surface area contributed by atoms with E-state index in [1.54, 1.807) is 21.0 Å². The molecule has 8 heteroatoms. The van der Waals surface area contributed by atoms with Crippen LogP contribution >= 0.6 is 15.9 Å². The van der Waals surface area contributed by atoms with Crippen LogP contribution in [0.25, 0.3) is 0 Å². The second kappa shape index (κ2) is 6.68. The molecule has 0 fully saturated rings. The van der Waals surface area contributed by atoms with Crippen LogP contribution in [0.1, 0.15) is 25.5 Å². The van der Waals surface area contributed by atoms with Gasteiger partial charge in [-0.3, -0.25) is 4.79 Å². The van der Waals surface area contributed by atoms with Crippen molar-refractivity contribution in [3.63, 3.8) is 0 Å². The number of ether oxygens (including phenoxy) is 3. The smallest absolute Gasteiger partial charge is 0.266 e. The zero-order valence-electron chi connectivity index (χ0n) is 15.0. The maximum absolute atomic E-state index is 11.6. The number of hydrogen-bond acceptors (Lipinski definition) is 6. The Bertz CT molecular complexity index is 882. The summed E-state index contributed by atoms with van der Waals surface area (Å²) in [7, 11) is 3.09. The molecule has 3 unspecified atom stereocenters. The molecule has 1 aliphatic rings. The maximum atomic E-state index is 11.6. The molecule has 0 radical (unpaired) electrons. The summed E-state index contributed by atoms with van der Waals surface area (Å²) in [5, 5.41) is 15.5. The largest absolute Gasteiger partial charge is 0.482 e. The Morgan fingerprint density at radius 2 is 2.08 bits per heavy atom. The molecule has 0 spiro atoms. The summed E-state index contributed by atoms with van der Waals surface area (Å²) in [5.74, 6) is 0.819. The monoisotopic (exact) mass is 424 g/mol. The zero-order valence-corrected chi connectivity index (χ0v) is 16.6. The third kappa shape index (κ3) is 3.13. The number of nitrogens with zero attached hydrogens (tertiary/aromatic N) is 2. The fourth-order valence-electron chi connectivity index (χ4n) is 3.04. The molecule has 2 heterocycles. The minimum absolute atomic E-state index is 0.163. The van der Waals surface area contributed by atoms with Crippen LogP contribution in [0, 0.1) is 0 Å². The van der Waals surface area contributed by atoms with Crippen LogP contribution in [0.3, 0.4) is 0 Å². The molecule has 0 bridgehead atoms. The first kappa shape index (κ1) is 18.9. The van der Waals surface area contributed by atoms with Crippen molar-refractivity contribution >= 4 is 15.9 Å². The molecule has 0 aliphatic carbocycles. The summed E-state index contributed by atoms with van der Waals surface area (Å²) >= 11 is 3.44. The summed E-state index contributed by atoms with van der Waals surface area (Å²) in [4.78, 5) is 11.6. The van der Waals surface area contributed by atoms with Gasteiger partial charge in [0.25, 0.3) is 5.56 Å². The molecule has 0 saturated carbocycles. The highest BCUT2D eigenvalue weighted by atomic mass is 79.9. The SMILES string of the molecule is COCC1(C)Oc2ccc(Br)cc2C(Oc2ccc(=O)n(C)n2)C1(C)O. The summed E-state index contributed by atoms with van der Waals surface area (Å²) in [6.07, 6.45) is -0.783. The van der Waals surface area contributed by atoms with Crippen LogP contribution in [-0.4, -0.2) is 39.8 Å². The van der Waals surface area contributed by atoms with Gasteiger partial charge in [-0.25, -0.2) is 4.68 Å². The average Bonchev–Trinajstić information content (AvgIpc) is 2.56. The van der Waals surface area contributed by atoms with Crippen molar-refractivity contribution < 1.29 is 19.3 Å². The Kier molecular flexibility index (Phi) is 4.85. The third-order valence-electron chi connectivity index (χ3n) is 4.77. The van der Waals surface area contributed by atoms with E-state index in [4.69, 9.17) is 14.2 Å². The topological polar surface area (TPSA) is 82.8 Å². The molecule has 0 saturated heterocycles. The van der Waals surface area contributed by atoms with E-state index in [0.717, 1.165) is 4.47 Å². The molecular formula is C18H21BrN2O5. The second-order valence-corrected chi connectivity index (χ2v) is 7.64. The minimum Gasteiger partial charge on any atom is -0.482 e. The number of hydrogen-bond donors (Lipinski definition) is 1. The predicted molar refractivity (Wildman–Crippen MR) is 98.5 cm³/mol. The third-order valence-corrected chi connectivity index (χ3v) is 5.26. The highest BCUT2D eigenvalue weighted by molar-refractivity contribution is 9.10. The first-order valence-corrected chi connectivity index (χ1v) is 8.88. The van der Waals surface area contributed by atoms with E-state index in [1.165, 1.54) is 23.9 Å². The van der Waals surface area contributed by atoms with Crippen molar-refractivity contribution in [2.24, 2.45) is 7.05 Å². The molecule has 26 heavy (non-hydrogen) atoms. The number of aromatic nitrogens is 2. The number of benzene rings is 1. The number of aryl methyl sites for hydroxylation is 1. The van der Waals surface area contributed by atoms with Crippen LogP contribution in [0.2, 0.25) is 0 Å². The van der Waals surface area contributed by atoms with Gasteiger partial charge in [0.1, 0.15) is 11.4 Å². The van der Waals surface area contributed by atoms with Crippen LogP contribution in [-0.2, 0) is 11.8 Å². The number of methoxy groups -OCH3 is 1. The molecule has 140 valence electrons. The van der Waals surface area contributed by atoms with Gasteiger partial charge < -0.3 is 19.3 Å². The van der Waals surface area contributed by atoms with E-state index in [1.807, 2.05) is 18.2 Å². The molecule has 1 aliphatic heterocycles. The van der Waals surface area contributed by atoms with E-state index in [9.17, 15) is 9.90 Å². The number of aliphatic hydroxyl groups is 1. The van der Waals surface area contributed by atoms with Crippen LogP contribution in [0.15, 0.2) is 39.6 Å². The van der Waals surface area contributed by atoms with Crippen molar-refractivity contribution in [1.82, 2.24) is 9.78 Å². The quantitative estimate of drug-likeness (QED) is 0.809. The molecule has 1 N–H and O–H groups in total. The standard InChI is InChI=1S/C18H21BrN2O5/c1-17(10-24-4)18(2,23)16(12-9-11(19)5-6-13(12)26-17)25-14-7-8-15(22)21(3)20-14/h5-9,16,23H,10H2,1-4H3. The highest BCUT2D eigenvalue weighted by Gasteiger charge is 2.57. The van der Waals surface area contributed by atoms with Gasteiger partial charge in [0.15, 0.2) is 11.7 Å². The van der Waals surface area contributed by atoms with Gasteiger partial charge in [0.2, 0.25) is 5.88 Å². The lowest BCUT2D eigenvalue weighted by atomic mass is 9.76.